The molecule has 0 bridgehead atoms. The van der Waals surface area contributed by atoms with E-state index in [9.17, 15) is 8.78 Å². The van der Waals surface area contributed by atoms with Gasteiger partial charge in [0.05, 0.1) is 6.04 Å². The lowest BCUT2D eigenvalue weighted by molar-refractivity contribution is -0.00454. The zero-order chi connectivity index (χ0) is 11.4. The molecule has 2 unspecified atom stereocenters. The molecule has 0 aromatic carbocycles. The fourth-order valence-electron chi connectivity index (χ4n) is 1.27. The number of aryl methyl sites for hydroxylation is 1. The summed E-state index contributed by atoms with van der Waals surface area (Å²) in [6.07, 6.45) is -0.938. The molecular formula is C9H15F2N3O. The van der Waals surface area contributed by atoms with Crippen molar-refractivity contribution in [3.63, 3.8) is 0 Å². The highest BCUT2D eigenvalue weighted by molar-refractivity contribution is 4.97. The van der Waals surface area contributed by atoms with Gasteiger partial charge in [0, 0.05) is 26.0 Å². The first-order valence-corrected chi connectivity index (χ1v) is 4.69. The SMILES string of the molecule is CC(NCC(O)C(F)F)c1nccn1C. The van der Waals surface area contributed by atoms with Crippen LogP contribution in [-0.4, -0.2) is 33.7 Å². The van der Waals surface area contributed by atoms with E-state index >= 15 is 0 Å². The van der Waals surface area contributed by atoms with Gasteiger partial charge in [0.15, 0.2) is 0 Å². The van der Waals surface area contributed by atoms with Crippen LogP contribution in [0.5, 0.6) is 0 Å². The molecule has 15 heavy (non-hydrogen) atoms. The molecule has 86 valence electrons. The molecule has 1 aromatic rings. The van der Waals surface area contributed by atoms with Crippen LogP contribution < -0.4 is 5.32 Å². The van der Waals surface area contributed by atoms with E-state index in [2.05, 4.69) is 10.3 Å². The van der Waals surface area contributed by atoms with Gasteiger partial charge in [-0.05, 0) is 6.92 Å². The van der Waals surface area contributed by atoms with Gasteiger partial charge in [0.1, 0.15) is 11.9 Å². The maximum absolute atomic E-state index is 12.0. The van der Waals surface area contributed by atoms with Crippen molar-refractivity contribution in [3.8, 4) is 0 Å². The third kappa shape index (κ3) is 3.24. The number of aromatic nitrogens is 2. The monoisotopic (exact) mass is 219 g/mol. The van der Waals surface area contributed by atoms with Crippen LogP contribution in [0, 0.1) is 0 Å². The predicted molar refractivity (Wildman–Crippen MR) is 51.6 cm³/mol. The minimum absolute atomic E-state index is 0.147. The van der Waals surface area contributed by atoms with E-state index in [1.165, 1.54) is 0 Å². The molecule has 0 aliphatic rings. The molecular weight excluding hydrogens is 204 g/mol. The van der Waals surface area contributed by atoms with Crippen LogP contribution in [0.15, 0.2) is 12.4 Å². The highest BCUT2D eigenvalue weighted by Gasteiger charge is 2.18. The van der Waals surface area contributed by atoms with Crippen molar-refractivity contribution in [1.82, 2.24) is 14.9 Å². The number of nitrogens with zero attached hydrogens (tertiary/aromatic N) is 2. The second-order valence-corrected chi connectivity index (χ2v) is 3.43. The van der Waals surface area contributed by atoms with Gasteiger partial charge in [-0.1, -0.05) is 0 Å². The first kappa shape index (κ1) is 12.1. The number of rotatable bonds is 5. The fourth-order valence-corrected chi connectivity index (χ4v) is 1.27. The summed E-state index contributed by atoms with van der Waals surface area (Å²) in [5, 5.41) is 11.7. The molecule has 0 aliphatic carbocycles. The van der Waals surface area contributed by atoms with Crippen LogP contribution in [0.25, 0.3) is 0 Å². The lowest BCUT2D eigenvalue weighted by atomic mass is 10.3. The molecule has 0 saturated carbocycles. The van der Waals surface area contributed by atoms with Crippen molar-refractivity contribution in [1.29, 1.82) is 0 Å². The molecule has 6 heteroatoms. The van der Waals surface area contributed by atoms with Crippen LogP contribution >= 0.6 is 0 Å². The number of alkyl halides is 2. The van der Waals surface area contributed by atoms with Gasteiger partial charge >= 0.3 is 0 Å². The normalized spacial score (nSPS) is 15.6. The molecule has 0 spiro atoms. The zero-order valence-corrected chi connectivity index (χ0v) is 8.69. The fraction of sp³-hybridized carbons (Fsp3) is 0.667. The Labute approximate surface area is 86.9 Å². The number of halogens is 2. The van der Waals surface area contributed by atoms with E-state index in [4.69, 9.17) is 5.11 Å². The van der Waals surface area contributed by atoms with Crippen LogP contribution in [0.2, 0.25) is 0 Å². The summed E-state index contributed by atoms with van der Waals surface area (Å²) < 4.78 is 25.8. The summed E-state index contributed by atoms with van der Waals surface area (Å²) >= 11 is 0. The molecule has 1 heterocycles. The third-order valence-electron chi connectivity index (χ3n) is 2.17. The summed E-state index contributed by atoms with van der Waals surface area (Å²) in [7, 11) is 1.82. The minimum Gasteiger partial charge on any atom is -0.386 e. The highest BCUT2D eigenvalue weighted by atomic mass is 19.3. The number of aliphatic hydroxyl groups excluding tert-OH is 1. The number of hydrogen-bond acceptors (Lipinski definition) is 3. The average Bonchev–Trinajstić information content (AvgIpc) is 2.60. The Hall–Kier alpha value is -1.01. The molecule has 0 aliphatic heterocycles. The van der Waals surface area contributed by atoms with Gasteiger partial charge in [-0.3, -0.25) is 0 Å². The molecule has 0 saturated heterocycles. The molecule has 0 radical (unpaired) electrons. The van der Waals surface area contributed by atoms with Crippen molar-refractivity contribution in [2.75, 3.05) is 6.54 Å². The second kappa shape index (κ2) is 5.18. The van der Waals surface area contributed by atoms with Crippen molar-refractivity contribution < 1.29 is 13.9 Å². The lowest BCUT2D eigenvalue weighted by Gasteiger charge is -2.16. The number of aliphatic hydroxyl groups is 1. The molecule has 4 nitrogen and oxygen atoms in total. The molecule has 1 rings (SSSR count). The molecule has 0 fully saturated rings. The van der Waals surface area contributed by atoms with E-state index in [1.54, 1.807) is 23.9 Å². The Balaban J connectivity index is 2.43. The second-order valence-electron chi connectivity index (χ2n) is 3.43. The standard InChI is InChI=1S/C9H15F2N3O/c1-6(9-12-3-4-14(9)2)13-5-7(15)8(10)11/h3-4,6-8,13,15H,5H2,1-2H3. The van der Waals surface area contributed by atoms with E-state index < -0.39 is 12.5 Å². The quantitative estimate of drug-likeness (QED) is 0.766. The van der Waals surface area contributed by atoms with Crippen LogP contribution in [0.4, 0.5) is 8.78 Å². The average molecular weight is 219 g/mol. The van der Waals surface area contributed by atoms with Crippen LogP contribution in [0.3, 0.4) is 0 Å². The molecule has 1 aromatic heterocycles. The Bertz CT molecular complexity index is 303. The zero-order valence-electron chi connectivity index (χ0n) is 8.69. The Morgan fingerprint density at radius 2 is 2.27 bits per heavy atom. The number of nitrogens with one attached hydrogen (secondary N) is 1. The third-order valence-corrected chi connectivity index (χ3v) is 2.17. The van der Waals surface area contributed by atoms with Gasteiger partial charge in [-0.2, -0.15) is 0 Å². The lowest BCUT2D eigenvalue weighted by Crippen LogP contribution is -2.34. The summed E-state index contributed by atoms with van der Waals surface area (Å²) in [5.41, 5.74) is 0. The number of hydrogen-bond donors (Lipinski definition) is 2. The Morgan fingerprint density at radius 1 is 1.60 bits per heavy atom. The maximum atomic E-state index is 12.0. The molecule has 2 atom stereocenters. The minimum atomic E-state index is -2.72. The van der Waals surface area contributed by atoms with Gasteiger partial charge in [0.2, 0.25) is 0 Å². The van der Waals surface area contributed by atoms with Crippen molar-refractivity contribution in [3.05, 3.63) is 18.2 Å². The van der Waals surface area contributed by atoms with Gasteiger partial charge < -0.3 is 15.0 Å². The highest BCUT2D eigenvalue weighted by Crippen LogP contribution is 2.09. The van der Waals surface area contributed by atoms with E-state index in [0.717, 1.165) is 5.82 Å². The smallest absolute Gasteiger partial charge is 0.265 e. The number of imidazole rings is 1. The molecule has 2 N–H and O–H groups in total. The van der Waals surface area contributed by atoms with E-state index in [-0.39, 0.29) is 12.6 Å². The van der Waals surface area contributed by atoms with Crippen molar-refractivity contribution >= 4 is 0 Å². The van der Waals surface area contributed by atoms with E-state index in [1.807, 2.05) is 7.05 Å². The van der Waals surface area contributed by atoms with Crippen molar-refractivity contribution in [2.45, 2.75) is 25.5 Å². The maximum Gasteiger partial charge on any atom is 0.265 e. The largest absolute Gasteiger partial charge is 0.386 e. The summed E-state index contributed by atoms with van der Waals surface area (Å²) in [5.74, 6) is 0.747. The Morgan fingerprint density at radius 3 is 2.73 bits per heavy atom. The summed E-state index contributed by atoms with van der Waals surface area (Å²) in [6.45, 7) is 1.66. The van der Waals surface area contributed by atoms with Crippen LogP contribution in [-0.2, 0) is 7.05 Å². The van der Waals surface area contributed by atoms with E-state index in [0.29, 0.717) is 0 Å². The van der Waals surface area contributed by atoms with Crippen LogP contribution in [0.1, 0.15) is 18.8 Å². The van der Waals surface area contributed by atoms with Crippen molar-refractivity contribution in [2.24, 2.45) is 7.05 Å². The summed E-state index contributed by atoms with van der Waals surface area (Å²) in [4.78, 5) is 4.07. The van der Waals surface area contributed by atoms with Gasteiger partial charge in [-0.15, -0.1) is 0 Å². The first-order chi connectivity index (χ1) is 7.02. The predicted octanol–water partition coefficient (Wildman–Crippen LogP) is 0.697. The summed E-state index contributed by atoms with van der Waals surface area (Å²) in [6, 6.07) is -0.168. The Kier molecular flexibility index (Phi) is 4.16. The van der Waals surface area contributed by atoms with Gasteiger partial charge in [0.25, 0.3) is 6.43 Å². The topological polar surface area (TPSA) is 50.1 Å². The molecule has 0 amide bonds. The first-order valence-electron chi connectivity index (χ1n) is 4.69. The van der Waals surface area contributed by atoms with Gasteiger partial charge in [-0.25, -0.2) is 13.8 Å².